The standard InChI is InChI=1S/C14H18N2O4S/c1-8-6-7-21-11(8)13(18)16-15-12(17)9-4-2-3-5-10(9)14(19)20/h6-7,9-10H,2-5H2,1H3,(H,15,17)(H,16,18)(H,19,20)/p-1/t9-,10+/m1/s1. The van der Waals surface area contributed by atoms with Crippen molar-refractivity contribution < 1.29 is 19.5 Å². The molecule has 1 fully saturated rings. The van der Waals surface area contributed by atoms with Crippen LogP contribution >= 0.6 is 11.3 Å². The van der Waals surface area contributed by atoms with Crippen LogP contribution in [0.1, 0.15) is 40.9 Å². The summed E-state index contributed by atoms with van der Waals surface area (Å²) < 4.78 is 0. The Bertz CT molecular complexity index is 555. The number of thiophene rings is 1. The lowest BCUT2D eigenvalue weighted by molar-refractivity contribution is -0.314. The number of hydrogen-bond acceptors (Lipinski definition) is 5. The first-order valence-electron chi connectivity index (χ1n) is 6.86. The van der Waals surface area contributed by atoms with Crippen LogP contribution in [0.4, 0.5) is 0 Å². The molecule has 2 N–H and O–H groups in total. The Labute approximate surface area is 126 Å². The first-order chi connectivity index (χ1) is 10.0. The maximum absolute atomic E-state index is 12.1. The van der Waals surface area contributed by atoms with E-state index in [1.54, 1.807) is 12.3 Å². The van der Waals surface area contributed by atoms with Crippen LogP contribution in [0.2, 0.25) is 0 Å². The van der Waals surface area contributed by atoms with Crippen molar-refractivity contribution in [1.82, 2.24) is 10.9 Å². The molecule has 0 spiro atoms. The monoisotopic (exact) mass is 309 g/mol. The van der Waals surface area contributed by atoms with Gasteiger partial charge in [0.15, 0.2) is 0 Å². The first-order valence-corrected chi connectivity index (χ1v) is 7.74. The van der Waals surface area contributed by atoms with E-state index >= 15 is 0 Å². The van der Waals surface area contributed by atoms with Gasteiger partial charge >= 0.3 is 0 Å². The lowest BCUT2D eigenvalue weighted by Crippen LogP contribution is -2.49. The number of nitrogens with one attached hydrogen (secondary N) is 2. The highest BCUT2D eigenvalue weighted by Crippen LogP contribution is 2.29. The predicted molar refractivity (Wildman–Crippen MR) is 75.1 cm³/mol. The van der Waals surface area contributed by atoms with Gasteiger partial charge in [-0.15, -0.1) is 11.3 Å². The number of carboxylic acid groups (broad SMARTS) is 1. The number of aryl methyl sites for hydroxylation is 1. The molecular formula is C14H17N2O4S-. The summed E-state index contributed by atoms with van der Waals surface area (Å²) in [4.78, 5) is 35.5. The highest BCUT2D eigenvalue weighted by atomic mass is 32.1. The molecule has 7 heteroatoms. The molecule has 2 rings (SSSR count). The number of carbonyl (C=O) groups excluding carboxylic acids is 3. The van der Waals surface area contributed by atoms with Crippen LogP contribution in [0.15, 0.2) is 11.4 Å². The average Bonchev–Trinajstić information content (AvgIpc) is 2.90. The number of aliphatic carboxylic acids is 1. The molecule has 0 bridgehead atoms. The second-order valence-electron chi connectivity index (χ2n) is 5.19. The first kappa shape index (κ1) is 15.5. The van der Waals surface area contributed by atoms with Gasteiger partial charge in [0.05, 0.1) is 4.88 Å². The number of hydrogen-bond donors (Lipinski definition) is 2. The van der Waals surface area contributed by atoms with Gasteiger partial charge in [-0.1, -0.05) is 12.8 Å². The highest BCUT2D eigenvalue weighted by molar-refractivity contribution is 7.12. The minimum Gasteiger partial charge on any atom is -0.550 e. The molecule has 2 atom stereocenters. The zero-order valence-electron chi connectivity index (χ0n) is 11.7. The summed E-state index contributed by atoms with van der Waals surface area (Å²) in [6.07, 6.45) is 2.53. The van der Waals surface area contributed by atoms with Gasteiger partial charge in [0, 0.05) is 17.8 Å². The van der Waals surface area contributed by atoms with Crippen LogP contribution in [0, 0.1) is 18.8 Å². The summed E-state index contributed by atoms with van der Waals surface area (Å²) in [6, 6.07) is 1.81. The van der Waals surface area contributed by atoms with E-state index in [2.05, 4.69) is 10.9 Å². The number of carboxylic acids is 1. The molecule has 1 aliphatic rings. The van der Waals surface area contributed by atoms with Crippen LogP contribution in [-0.2, 0) is 9.59 Å². The predicted octanol–water partition coefficient (Wildman–Crippen LogP) is 0.374. The van der Waals surface area contributed by atoms with Crippen molar-refractivity contribution in [2.75, 3.05) is 0 Å². The van der Waals surface area contributed by atoms with Gasteiger partial charge in [-0.05, 0) is 36.8 Å². The molecule has 1 saturated carbocycles. The molecule has 1 heterocycles. The highest BCUT2D eigenvalue weighted by Gasteiger charge is 2.32. The van der Waals surface area contributed by atoms with E-state index in [4.69, 9.17) is 0 Å². The molecule has 6 nitrogen and oxygen atoms in total. The van der Waals surface area contributed by atoms with Gasteiger partial charge in [0.25, 0.3) is 5.91 Å². The minimum atomic E-state index is -1.20. The summed E-state index contributed by atoms with van der Waals surface area (Å²) in [5.41, 5.74) is 5.50. The summed E-state index contributed by atoms with van der Waals surface area (Å²) in [5.74, 6) is -3.48. The van der Waals surface area contributed by atoms with E-state index in [0.717, 1.165) is 18.4 Å². The topological polar surface area (TPSA) is 98.3 Å². The largest absolute Gasteiger partial charge is 0.550 e. The summed E-state index contributed by atoms with van der Waals surface area (Å²) in [6.45, 7) is 1.81. The second-order valence-corrected chi connectivity index (χ2v) is 6.11. The molecule has 0 aliphatic heterocycles. The lowest BCUT2D eigenvalue weighted by Gasteiger charge is -2.31. The molecule has 0 saturated heterocycles. The lowest BCUT2D eigenvalue weighted by atomic mass is 9.79. The fourth-order valence-electron chi connectivity index (χ4n) is 2.60. The molecule has 0 radical (unpaired) electrons. The third-order valence-corrected chi connectivity index (χ3v) is 4.79. The summed E-state index contributed by atoms with van der Waals surface area (Å²) in [7, 11) is 0. The quantitative estimate of drug-likeness (QED) is 0.788. The van der Waals surface area contributed by atoms with Gasteiger partial charge < -0.3 is 9.90 Å². The maximum Gasteiger partial charge on any atom is 0.280 e. The zero-order chi connectivity index (χ0) is 15.4. The van der Waals surface area contributed by atoms with Gasteiger partial charge in [0.2, 0.25) is 5.91 Å². The van der Waals surface area contributed by atoms with Crippen molar-refractivity contribution in [3.63, 3.8) is 0 Å². The number of rotatable bonds is 3. The molecule has 1 aromatic heterocycles. The third kappa shape index (κ3) is 3.60. The SMILES string of the molecule is Cc1ccsc1C(=O)NNC(=O)[C@@H]1CCCC[C@@H]1C(=O)[O-]. The Morgan fingerprint density at radius 3 is 2.43 bits per heavy atom. The smallest absolute Gasteiger partial charge is 0.280 e. The van der Waals surface area contributed by atoms with Crippen molar-refractivity contribution in [2.45, 2.75) is 32.6 Å². The van der Waals surface area contributed by atoms with Gasteiger partial charge in [-0.3, -0.25) is 20.4 Å². The Kier molecular flexibility index (Phi) is 4.95. The average molecular weight is 309 g/mol. The number of hydrazine groups is 1. The van der Waals surface area contributed by atoms with Crippen LogP contribution in [0.25, 0.3) is 0 Å². The van der Waals surface area contributed by atoms with E-state index in [9.17, 15) is 19.5 Å². The second kappa shape index (κ2) is 6.71. The Balaban J connectivity index is 1.93. The van der Waals surface area contributed by atoms with Crippen LogP contribution in [0.3, 0.4) is 0 Å². The number of amides is 2. The van der Waals surface area contributed by atoms with E-state index in [-0.39, 0.29) is 0 Å². The molecule has 1 aliphatic carbocycles. The fourth-order valence-corrected chi connectivity index (χ4v) is 3.42. The van der Waals surface area contributed by atoms with Crippen molar-refractivity contribution in [3.8, 4) is 0 Å². The molecule has 0 aromatic carbocycles. The van der Waals surface area contributed by atoms with E-state index < -0.39 is 29.6 Å². The van der Waals surface area contributed by atoms with Crippen LogP contribution in [-0.4, -0.2) is 17.8 Å². The Morgan fingerprint density at radius 1 is 1.19 bits per heavy atom. The third-order valence-electron chi connectivity index (χ3n) is 3.77. The molecule has 0 unspecified atom stereocenters. The minimum absolute atomic E-state index is 0.392. The fraction of sp³-hybridized carbons (Fsp3) is 0.500. The van der Waals surface area contributed by atoms with Crippen molar-refractivity contribution >= 4 is 29.1 Å². The Hall–Kier alpha value is -1.89. The van der Waals surface area contributed by atoms with Crippen molar-refractivity contribution in [2.24, 2.45) is 11.8 Å². The molecule has 2 amide bonds. The number of carbonyl (C=O) groups is 3. The van der Waals surface area contributed by atoms with Gasteiger partial charge in [0.1, 0.15) is 0 Å². The molecule has 114 valence electrons. The van der Waals surface area contributed by atoms with Crippen molar-refractivity contribution in [3.05, 3.63) is 21.9 Å². The molecular weight excluding hydrogens is 292 g/mol. The van der Waals surface area contributed by atoms with Gasteiger partial charge in [-0.25, -0.2) is 0 Å². The van der Waals surface area contributed by atoms with E-state index in [0.29, 0.717) is 17.7 Å². The van der Waals surface area contributed by atoms with Crippen LogP contribution < -0.4 is 16.0 Å². The summed E-state index contributed by atoms with van der Waals surface area (Å²) >= 11 is 1.28. The Morgan fingerprint density at radius 2 is 1.86 bits per heavy atom. The van der Waals surface area contributed by atoms with Gasteiger partial charge in [-0.2, -0.15) is 0 Å². The molecule has 1 aromatic rings. The maximum atomic E-state index is 12.1. The van der Waals surface area contributed by atoms with E-state index in [1.165, 1.54) is 11.3 Å². The van der Waals surface area contributed by atoms with E-state index in [1.807, 2.05) is 6.07 Å². The van der Waals surface area contributed by atoms with Crippen LogP contribution in [0.5, 0.6) is 0 Å². The molecule has 21 heavy (non-hydrogen) atoms. The normalized spacial score (nSPS) is 21.6. The summed E-state index contributed by atoms with van der Waals surface area (Å²) in [5, 5.41) is 12.9. The van der Waals surface area contributed by atoms with Crippen molar-refractivity contribution in [1.29, 1.82) is 0 Å². The zero-order valence-corrected chi connectivity index (χ0v) is 12.5.